The SMILES string of the molecule is CCCC1CC(C)C(C(C)C(C)C)C1C. The normalized spacial score (nSPS) is 38.6. The van der Waals surface area contributed by atoms with Gasteiger partial charge in [-0.05, 0) is 41.9 Å². The summed E-state index contributed by atoms with van der Waals surface area (Å²) in [4.78, 5) is 0. The third-order valence-corrected chi connectivity index (χ3v) is 5.00. The molecule has 15 heavy (non-hydrogen) atoms. The molecular formula is C15H30. The van der Waals surface area contributed by atoms with Crippen LogP contribution < -0.4 is 0 Å². The van der Waals surface area contributed by atoms with Crippen LogP contribution in [-0.2, 0) is 0 Å². The monoisotopic (exact) mass is 210 g/mol. The molecule has 0 amide bonds. The van der Waals surface area contributed by atoms with E-state index in [0.29, 0.717) is 0 Å². The fourth-order valence-corrected chi connectivity index (χ4v) is 3.87. The Hall–Kier alpha value is 0. The summed E-state index contributed by atoms with van der Waals surface area (Å²) in [5.41, 5.74) is 0. The second kappa shape index (κ2) is 5.37. The van der Waals surface area contributed by atoms with Crippen molar-refractivity contribution in [3.8, 4) is 0 Å². The molecule has 0 radical (unpaired) electrons. The highest BCUT2D eigenvalue weighted by atomic mass is 14.5. The molecule has 1 fully saturated rings. The van der Waals surface area contributed by atoms with E-state index in [0.717, 1.165) is 35.5 Å². The summed E-state index contributed by atoms with van der Waals surface area (Å²) in [6.07, 6.45) is 4.30. The van der Waals surface area contributed by atoms with Crippen molar-refractivity contribution in [1.29, 1.82) is 0 Å². The van der Waals surface area contributed by atoms with E-state index in [4.69, 9.17) is 0 Å². The third-order valence-electron chi connectivity index (χ3n) is 5.00. The van der Waals surface area contributed by atoms with E-state index in [1.165, 1.54) is 19.3 Å². The quantitative estimate of drug-likeness (QED) is 0.613. The van der Waals surface area contributed by atoms with Crippen molar-refractivity contribution >= 4 is 0 Å². The lowest BCUT2D eigenvalue weighted by molar-refractivity contribution is 0.177. The maximum absolute atomic E-state index is 2.51. The van der Waals surface area contributed by atoms with Gasteiger partial charge in [-0.1, -0.05) is 54.4 Å². The van der Waals surface area contributed by atoms with Gasteiger partial charge in [0.15, 0.2) is 0 Å². The zero-order valence-electron chi connectivity index (χ0n) is 11.6. The minimum absolute atomic E-state index is 0.847. The lowest BCUT2D eigenvalue weighted by Gasteiger charge is -2.31. The van der Waals surface area contributed by atoms with Crippen molar-refractivity contribution in [2.45, 2.75) is 60.8 Å². The summed E-state index contributed by atoms with van der Waals surface area (Å²) in [6, 6.07) is 0. The molecule has 0 spiro atoms. The largest absolute Gasteiger partial charge is 0.0654 e. The molecule has 0 N–H and O–H groups in total. The molecule has 0 aliphatic heterocycles. The smallest absolute Gasteiger partial charge is 0.0332 e. The van der Waals surface area contributed by atoms with Gasteiger partial charge in [0.25, 0.3) is 0 Å². The Morgan fingerprint density at radius 3 is 2.20 bits per heavy atom. The maximum Gasteiger partial charge on any atom is -0.0332 e. The molecule has 0 saturated heterocycles. The molecule has 0 aromatic rings. The van der Waals surface area contributed by atoms with E-state index >= 15 is 0 Å². The first kappa shape index (κ1) is 13.1. The molecule has 0 nitrogen and oxygen atoms in total. The molecule has 1 rings (SSSR count). The Bertz CT molecular complexity index is 182. The van der Waals surface area contributed by atoms with Crippen molar-refractivity contribution in [1.82, 2.24) is 0 Å². The van der Waals surface area contributed by atoms with Crippen molar-refractivity contribution in [2.24, 2.45) is 35.5 Å². The van der Waals surface area contributed by atoms with Crippen LogP contribution in [0, 0.1) is 35.5 Å². The Morgan fingerprint density at radius 2 is 1.73 bits per heavy atom. The Morgan fingerprint density at radius 1 is 1.13 bits per heavy atom. The average molecular weight is 210 g/mol. The molecule has 0 aromatic heterocycles. The Balaban J connectivity index is 2.65. The molecule has 0 bridgehead atoms. The minimum atomic E-state index is 0.847. The molecule has 0 heterocycles. The molecular weight excluding hydrogens is 180 g/mol. The molecule has 0 heteroatoms. The van der Waals surface area contributed by atoms with Gasteiger partial charge in [-0.2, -0.15) is 0 Å². The van der Waals surface area contributed by atoms with E-state index < -0.39 is 0 Å². The topological polar surface area (TPSA) is 0 Å². The number of hydrogen-bond donors (Lipinski definition) is 0. The fraction of sp³-hybridized carbons (Fsp3) is 1.00. The van der Waals surface area contributed by atoms with Crippen LogP contribution in [0.4, 0.5) is 0 Å². The second-order valence-electron chi connectivity index (χ2n) is 6.30. The van der Waals surface area contributed by atoms with Crippen molar-refractivity contribution in [3.05, 3.63) is 0 Å². The molecule has 0 aromatic carbocycles. The molecule has 5 atom stereocenters. The van der Waals surface area contributed by atoms with E-state index in [1.807, 2.05) is 0 Å². The molecule has 90 valence electrons. The summed E-state index contributed by atoms with van der Waals surface area (Å²) >= 11 is 0. The van der Waals surface area contributed by atoms with Crippen molar-refractivity contribution < 1.29 is 0 Å². The predicted octanol–water partition coefficient (Wildman–Crippen LogP) is 4.99. The summed E-state index contributed by atoms with van der Waals surface area (Å²) in [7, 11) is 0. The van der Waals surface area contributed by atoms with Crippen LogP contribution in [0.25, 0.3) is 0 Å². The van der Waals surface area contributed by atoms with Gasteiger partial charge in [0.2, 0.25) is 0 Å². The predicted molar refractivity (Wildman–Crippen MR) is 68.8 cm³/mol. The van der Waals surface area contributed by atoms with E-state index in [-0.39, 0.29) is 0 Å². The third kappa shape index (κ3) is 2.77. The van der Waals surface area contributed by atoms with E-state index in [9.17, 15) is 0 Å². The summed E-state index contributed by atoms with van der Waals surface area (Å²) in [5.74, 6) is 5.64. The van der Waals surface area contributed by atoms with Crippen LogP contribution >= 0.6 is 0 Å². The first-order chi connectivity index (χ1) is 6.99. The molecule has 5 unspecified atom stereocenters. The van der Waals surface area contributed by atoms with E-state index in [2.05, 4.69) is 41.5 Å². The zero-order chi connectivity index (χ0) is 11.6. The molecule has 1 aliphatic rings. The van der Waals surface area contributed by atoms with Gasteiger partial charge in [0, 0.05) is 0 Å². The Labute approximate surface area is 96.8 Å². The van der Waals surface area contributed by atoms with Gasteiger partial charge in [0.05, 0.1) is 0 Å². The standard InChI is InChI=1S/C15H30/c1-7-8-14-9-11(4)15(13(14)6)12(5)10(2)3/h10-15H,7-9H2,1-6H3. The number of hydrogen-bond acceptors (Lipinski definition) is 0. The van der Waals surface area contributed by atoms with E-state index in [1.54, 1.807) is 0 Å². The van der Waals surface area contributed by atoms with Gasteiger partial charge in [-0.25, -0.2) is 0 Å². The van der Waals surface area contributed by atoms with Gasteiger partial charge in [0.1, 0.15) is 0 Å². The van der Waals surface area contributed by atoms with Gasteiger partial charge in [-0.3, -0.25) is 0 Å². The second-order valence-corrected chi connectivity index (χ2v) is 6.30. The first-order valence-corrected chi connectivity index (χ1v) is 6.99. The van der Waals surface area contributed by atoms with Crippen LogP contribution in [0.5, 0.6) is 0 Å². The van der Waals surface area contributed by atoms with Gasteiger partial charge < -0.3 is 0 Å². The first-order valence-electron chi connectivity index (χ1n) is 6.99. The average Bonchev–Trinajstić information content (AvgIpc) is 2.42. The lowest BCUT2D eigenvalue weighted by Crippen LogP contribution is -2.25. The highest BCUT2D eigenvalue weighted by molar-refractivity contribution is 4.89. The van der Waals surface area contributed by atoms with Crippen LogP contribution in [0.1, 0.15) is 60.8 Å². The fourth-order valence-electron chi connectivity index (χ4n) is 3.87. The summed E-state index contributed by atoms with van der Waals surface area (Å²) in [5, 5.41) is 0. The van der Waals surface area contributed by atoms with Crippen LogP contribution in [0.15, 0.2) is 0 Å². The molecule has 1 saturated carbocycles. The summed E-state index contributed by atoms with van der Waals surface area (Å²) < 4.78 is 0. The highest BCUT2D eigenvalue weighted by Gasteiger charge is 2.40. The highest BCUT2D eigenvalue weighted by Crippen LogP contribution is 2.48. The number of rotatable bonds is 4. The van der Waals surface area contributed by atoms with Gasteiger partial charge >= 0.3 is 0 Å². The van der Waals surface area contributed by atoms with Crippen LogP contribution in [0.2, 0.25) is 0 Å². The Kier molecular flexibility index (Phi) is 4.67. The van der Waals surface area contributed by atoms with Gasteiger partial charge in [-0.15, -0.1) is 0 Å². The maximum atomic E-state index is 2.51. The van der Waals surface area contributed by atoms with Crippen molar-refractivity contribution in [2.75, 3.05) is 0 Å². The van der Waals surface area contributed by atoms with Crippen LogP contribution in [-0.4, -0.2) is 0 Å². The summed E-state index contributed by atoms with van der Waals surface area (Å²) in [6.45, 7) is 14.6. The van der Waals surface area contributed by atoms with Crippen molar-refractivity contribution in [3.63, 3.8) is 0 Å². The van der Waals surface area contributed by atoms with Crippen LogP contribution in [0.3, 0.4) is 0 Å². The lowest BCUT2D eigenvalue weighted by atomic mass is 9.74. The zero-order valence-corrected chi connectivity index (χ0v) is 11.6. The minimum Gasteiger partial charge on any atom is -0.0654 e. The molecule has 1 aliphatic carbocycles.